The molecule has 76 valence electrons. The summed E-state index contributed by atoms with van der Waals surface area (Å²) in [5, 5.41) is 2.86. The number of hydrogen-bond donors (Lipinski definition) is 1. The molecule has 1 aromatic rings. The maximum absolute atomic E-state index is 11.3. The third-order valence-electron chi connectivity index (χ3n) is 1.78. The number of ether oxygens (including phenoxy) is 1. The van der Waals surface area contributed by atoms with Crippen LogP contribution in [0.2, 0.25) is 0 Å². The number of likely N-dealkylation sites (N-methyl/N-ethyl adjacent to an activating group) is 1. The molecule has 4 nitrogen and oxygen atoms in total. The van der Waals surface area contributed by atoms with Gasteiger partial charge in [0.2, 0.25) is 0 Å². The first-order chi connectivity index (χ1) is 6.69. The van der Waals surface area contributed by atoms with Crippen LogP contribution in [-0.2, 0) is 9.53 Å². The zero-order chi connectivity index (χ0) is 10.6. The van der Waals surface area contributed by atoms with Gasteiger partial charge in [-0.2, -0.15) is 0 Å². The number of methoxy groups -OCH3 is 1. The molecule has 1 rings (SSSR count). The molecular weight excluding hydrogens is 248 g/mol. The molecule has 0 saturated heterocycles. The Labute approximate surface area is 90.8 Å². The summed E-state index contributed by atoms with van der Waals surface area (Å²) >= 11 is 3.29. The van der Waals surface area contributed by atoms with Crippen molar-refractivity contribution in [3.8, 4) is 0 Å². The molecule has 0 spiro atoms. The van der Waals surface area contributed by atoms with Crippen LogP contribution in [0.3, 0.4) is 0 Å². The van der Waals surface area contributed by atoms with Crippen LogP contribution in [0.25, 0.3) is 0 Å². The minimum Gasteiger partial charge on any atom is -0.468 e. The Morgan fingerprint density at radius 1 is 1.64 bits per heavy atom. The highest BCUT2D eigenvalue weighted by atomic mass is 79.9. The number of hydrogen-bond acceptors (Lipinski definition) is 4. The molecule has 14 heavy (non-hydrogen) atoms. The normalized spacial score (nSPS) is 12.2. The van der Waals surface area contributed by atoms with E-state index in [2.05, 4.69) is 31.0 Å². The predicted molar refractivity (Wildman–Crippen MR) is 55.8 cm³/mol. The van der Waals surface area contributed by atoms with Crippen molar-refractivity contribution in [2.75, 3.05) is 14.2 Å². The summed E-state index contributed by atoms with van der Waals surface area (Å²) in [6.45, 7) is 0. The highest BCUT2D eigenvalue weighted by Gasteiger charge is 2.19. The summed E-state index contributed by atoms with van der Waals surface area (Å²) in [7, 11) is 3.06. The standard InChI is InChI=1S/C9H11BrN2O2/c1-11-8(9(13)14-2)6-3-7(10)5-12-4-6/h3-5,8,11H,1-2H3. The molecule has 1 unspecified atom stereocenters. The number of pyridine rings is 1. The Balaban J connectivity index is 2.94. The van der Waals surface area contributed by atoms with Gasteiger partial charge in [-0.15, -0.1) is 0 Å². The molecule has 1 N–H and O–H groups in total. The first-order valence-electron chi connectivity index (χ1n) is 4.04. The largest absolute Gasteiger partial charge is 0.468 e. The van der Waals surface area contributed by atoms with Gasteiger partial charge < -0.3 is 10.1 Å². The summed E-state index contributed by atoms with van der Waals surface area (Å²) < 4.78 is 5.49. The third kappa shape index (κ3) is 2.52. The maximum Gasteiger partial charge on any atom is 0.327 e. The van der Waals surface area contributed by atoms with Crippen LogP contribution in [0.1, 0.15) is 11.6 Å². The Hall–Kier alpha value is -0.940. The molecule has 0 fully saturated rings. The number of nitrogens with zero attached hydrogens (tertiary/aromatic N) is 1. The van der Waals surface area contributed by atoms with E-state index >= 15 is 0 Å². The molecular formula is C9H11BrN2O2. The van der Waals surface area contributed by atoms with Crippen LogP contribution in [0, 0.1) is 0 Å². The van der Waals surface area contributed by atoms with Gasteiger partial charge in [-0.25, -0.2) is 4.79 Å². The molecule has 0 aliphatic rings. The van der Waals surface area contributed by atoms with Gasteiger partial charge in [-0.3, -0.25) is 4.98 Å². The second kappa shape index (κ2) is 5.07. The number of halogens is 1. The van der Waals surface area contributed by atoms with Crippen molar-refractivity contribution in [1.29, 1.82) is 0 Å². The molecule has 0 amide bonds. The average Bonchev–Trinajstić information content (AvgIpc) is 2.19. The van der Waals surface area contributed by atoms with E-state index in [9.17, 15) is 4.79 Å². The van der Waals surface area contributed by atoms with Gasteiger partial charge in [-0.05, 0) is 34.6 Å². The lowest BCUT2D eigenvalue weighted by Gasteiger charge is -2.13. The fourth-order valence-corrected chi connectivity index (χ4v) is 1.51. The van der Waals surface area contributed by atoms with Crippen molar-refractivity contribution in [2.45, 2.75) is 6.04 Å². The molecule has 0 aromatic carbocycles. The Kier molecular flexibility index (Phi) is 4.03. The summed E-state index contributed by atoms with van der Waals surface area (Å²) in [6, 6.07) is 1.36. The van der Waals surface area contributed by atoms with E-state index in [0.717, 1.165) is 10.0 Å². The average molecular weight is 259 g/mol. The van der Waals surface area contributed by atoms with E-state index < -0.39 is 6.04 Å². The van der Waals surface area contributed by atoms with Crippen LogP contribution in [0.5, 0.6) is 0 Å². The smallest absolute Gasteiger partial charge is 0.327 e. The van der Waals surface area contributed by atoms with Crippen LogP contribution >= 0.6 is 15.9 Å². The van der Waals surface area contributed by atoms with Gasteiger partial charge in [0.05, 0.1) is 7.11 Å². The molecule has 1 aromatic heterocycles. The topological polar surface area (TPSA) is 51.2 Å². The Morgan fingerprint density at radius 2 is 2.36 bits per heavy atom. The number of esters is 1. The number of carbonyl (C=O) groups excluding carboxylic acids is 1. The van der Waals surface area contributed by atoms with Gasteiger partial charge in [0, 0.05) is 16.9 Å². The number of carbonyl (C=O) groups is 1. The van der Waals surface area contributed by atoms with Gasteiger partial charge in [-0.1, -0.05) is 0 Å². The van der Waals surface area contributed by atoms with E-state index in [1.807, 2.05) is 6.07 Å². The summed E-state index contributed by atoms with van der Waals surface area (Å²) in [4.78, 5) is 15.3. The lowest BCUT2D eigenvalue weighted by atomic mass is 10.1. The number of nitrogens with one attached hydrogen (secondary N) is 1. The molecule has 5 heteroatoms. The minimum atomic E-state index is -0.468. The fraction of sp³-hybridized carbons (Fsp3) is 0.333. The quantitative estimate of drug-likeness (QED) is 0.831. The van der Waals surface area contributed by atoms with Crippen LogP contribution in [0.4, 0.5) is 0 Å². The molecule has 0 saturated carbocycles. The van der Waals surface area contributed by atoms with Crippen molar-refractivity contribution in [1.82, 2.24) is 10.3 Å². The van der Waals surface area contributed by atoms with Gasteiger partial charge in [0.25, 0.3) is 0 Å². The Morgan fingerprint density at radius 3 is 2.86 bits per heavy atom. The van der Waals surface area contributed by atoms with Crippen molar-refractivity contribution in [3.05, 3.63) is 28.5 Å². The SMILES string of the molecule is CNC(C(=O)OC)c1cncc(Br)c1. The summed E-state index contributed by atoms with van der Waals surface area (Å²) in [6.07, 6.45) is 3.29. The molecule has 1 atom stereocenters. The number of aromatic nitrogens is 1. The highest BCUT2D eigenvalue weighted by molar-refractivity contribution is 9.10. The first kappa shape index (κ1) is 11.1. The second-order valence-corrected chi connectivity index (χ2v) is 3.60. The lowest BCUT2D eigenvalue weighted by Crippen LogP contribution is -2.26. The van der Waals surface area contributed by atoms with E-state index in [0.29, 0.717) is 0 Å². The maximum atomic E-state index is 11.3. The minimum absolute atomic E-state index is 0.326. The lowest BCUT2D eigenvalue weighted by molar-refractivity contribution is -0.143. The predicted octanol–water partition coefficient (Wildman–Crippen LogP) is 1.28. The highest BCUT2D eigenvalue weighted by Crippen LogP contribution is 2.17. The molecule has 0 aliphatic carbocycles. The van der Waals surface area contributed by atoms with E-state index in [-0.39, 0.29) is 5.97 Å². The molecule has 0 aliphatic heterocycles. The van der Waals surface area contributed by atoms with Crippen LogP contribution < -0.4 is 5.32 Å². The molecule has 1 heterocycles. The second-order valence-electron chi connectivity index (χ2n) is 2.68. The van der Waals surface area contributed by atoms with E-state index in [1.54, 1.807) is 19.4 Å². The Bertz CT molecular complexity index is 330. The van der Waals surface area contributed by atoms with Gasteiger partial charge in [0.1, 0.15) is 6.04 Å². The van der Waals surface area contributed by atoms with Gasteiger partial charge in [0.15, 0.2) is 0 Å². The van der Waals surface area contributed by atoms with E-state index in [4.69, 9.17) is 0 Å². The monoisotopic (exact) mass is 258 g/mol. The van der Waals surface area contributed by atoms with Crippen molar-refractivity contribution >= 4 is 21.9 Å². The summed E-state index contributed by atoms with van der Waals surface area (Å²) in [5.74, 6) is -0.326. The van der Waals surface area contributed by atoms with Crippen molar-refractivity contribution < 1.29 is 9.53 Å². The third-order valence-corrected chi connectivity index (χ3v) is 2.22. The van der Waals surface area contributed by atoms with Crippen molar-refractivity contribution in [2.24, 2.45) is 0 Å². The summed E-state index contributed by atoms with van der Waals surface area (Å²) in [5.41, 5.74) is 0.772. The number of rotatable bonds is 3. The zero-order valence-corrected chi connectivity index (χ0v) is 9.54. The fourth-order valence-electron chi connectivity index (χ4n) is 1.12. The van der Waals surface area contributed by atoms with Crippen LogP contribution in [0.15, 0.2) is 22.9 Å². The molecule has 0 radical (unpaired) electrons. The first-order valence-corrected chi connectivity index (χ1v) is 4.84. The van der Waals surface area contributed by atoms with Crippen molar-refractivity contribution in [3.63, 3.8) is 0 Å². The van der Waals surface area contributed by atoms with E-state index in [1.165, 1.54) is 7.11 Å². The van der Waals surface area contributed by atoms with Gasteiger partial charge >= 0.3 is 5.97 Å². The molecule has 0 bridgehead atoms. The van der Waals surface area contributed by atoms with Crippen LogP contribution in [-0.4, -0.2) is 25.1 Å². The zero-order valence-electron chi connectivity index (χ0n) is 7.95.